The third kappa shape index (κ3) is 2.57. The molecule has 0 unspecified atom stereocenters. The Hall–Kier alpha value is -2.01. The second-order valence-electron chi connectivity index (χ2n) is 6.80. The van der Waals surface area contributed by atoms with Crippen LogP contribution in [0.2, 0.25) is 0 Å². The van der Waals surface area contributed by atoms with Crippen LogP contribution in [0.1, 0.15) is 26.2 Å². The van der Waals surface area contributed by atoms with Crippen LogP contribution in [-0.4, -0.2) is 55.2 Å². The fraction of sp³-hybridized carbons (Fsp3) is 0.526. The lowest BCUT2D eigenvalue weighted by Crippen LogP contribution is -2.47. The fourth-order valence-corrected chi connectivity index (χ4v) is 3.88. The Bertz CT molecular complexity index is 779. The lowest BCUT2D eigenvalue weighted by Gasteiger charge is -2.37. The SMILES string of the molecule is CCC(=O)N(C)C1CCN(CC2=c3ccc4c(c3=C2)OCO4)CC1. The molecule has 1 fully saturated rings. The fourth-order valence-electron chi connectivity index (χ4n) is 3.88. The van der Waals surface area contributed by atoms with E-state index in [4.69, 9.17) is 9.47 Å². The predicted octanol–water partition coefficient (Wildman–Crippen LogP) is 0.693. The summed E-state index contributed by atoms with van der Waals surface area (Å²) < 4.78 is 11.0. The Balaban J connectivity index is 1.39. The van der Waals surface area contributed by atoms with Gasteiger partial charge in [0.15, 0.2) is 11.5 Å². The number of hydrogen-bond donors (Lipinski definition) is 0. The number of nitrogens with zero attached hydrogens (tertiary/aromatic N) is 2. The molecule has 0 saturated carbocycles. The number of amides is 1. The van der Waals surface area contributed by atoms with Crippen molar-refractivity contribution in [3.05, 3.63) is 22.6 Å². The van der Waals surface area contributed by atoms with Gasteiger partial charge in [0.1, 0.15) is 0 Å². The van der Waals surface area contributed by atoms with Crippen LogP contribution >= 0.6 is 0 Å². The van der Waals surface area contributed by atoms with Crippen LogP contribution in [0, 0.1) is 0 Å². The monoisotopic (exact) mass is 328 g/mol. The van der Waals surface area contributed by atoms with Gasteiger partial charge in [-0.25, -0.2) is 0 Å². The minimum atomic E-state index is 0.250. The normalized spacial score (nSPS) is 19.5. The first-order chi connectivity index (χ1) is 11.7. The Kier molecular flexibility index (Phi) is 3.96. The number of rotatable bonds is 4. The zero-order valence-electron chi connectivity index (χ0n) is 14.4. The van der Waals surface area contributed by atoms with Gasteiger partial charge in [-0.3, -0.25) is 9.69 Å². The Morgan fingerprint density at radius 1 is 1.29 bits per heavy atom. The molecule has 0 N–H and O–H groups in total. The third-order valence-electron chi connectivity index (χ3n) is 5.44. The number of benzene rings is 1. The summed E-state index contributed by atoms with van der Waals surface area (Å²) in [5, 5.41) is 2.47. The molecule has 1 aromatic carbocycles. The van der Waals surface area contributed by atoms with Gasteiger partial charge in [0, 0.05) is 44.4 Å². The molecule has 0 radical (unpaired) electrons. The maximum atomic E-state index is 11.8. The van der Waals surface area contributed by atoms with Crippen molar-refractivity contribution in [1.82, 2.24) is 9.80 Å². The van der Waals surface area contributed by atoms with Gasteiger partial charge in [-0.05, 0) is 35.8 Å². The first-order valence-electron chi connectivity index (χ1n) is 8.79. The zero-order valence-corrected chi connectivity index (χ0v) is 14.4. The number of carbonyl (C=O) groups excluding carboxylic acids is 1. The van der Waals surface area contributed by atoms with Crippen LogP contribution in [0.4, 0.5) is 0 Å². The second-order valence-corrected chi connectivity index (χ2v) is 6.80. The summed E-state index contributed by atoms with van der Waals surface area (Å²) in [6, 6.07) is 4.54. The number of likely N-dealkylation sites (tertiary alicyclic amines) is 1. The van der Waals surface area contributed by atoms with Crippen molar-refractivity contribution in [1.29, 1.82) is 0 Å². The smallest absolute Gasteiger partial charge is 0.231 e. The summed E-state index contributed by atoms with van der Waals surface area (Å²) in [5.74, 6) is 2.00. The molecule has 2 aliphatic heterocycles. The summed E-state index contributed by atoms with van der Waals surface area (Å²) >= 11 is 0. The highest BCUT2D eigenvalue weighted by Crippen LogP contribution is 2.28. The highest BCUT2D eigenvalue weighted by Gasteiger charge is 2.26. The van der Waals surface area contributed by atoms with E-state index in [1.807, 2.05) is 24.9 Å². The molecule has 0 aromatic heterocycles. The topological polar surface area (TPSA) is 42.0 Å². The molecular weight excluding hydrogens is 304 g/mol. The maximum absolute atomic E-state index is 11.8. The average molecular weight is 328 g/mol. The molecule has 5 heteroatoms. The number of ether oxygens (including phenoxy) is 2. The Morgan fingerprint density at radius 2 is 2.08 bits per heavy atom. The van der Waals surface area contributed by atoms with E-state index in [9.17, 15) is 4.79 Å². The van der Waals surface area contributed by atoms with Crippen LogP contribution in [0.15, 0.2) is 12.1 Å². The van der Waals surface area contributed by atoms with Gasteiger partial charge < -0.3 is 14.4 Å². The Morgan fingerprint density at radius 3 is 2.83 bits per heavy atom. The van der Waals surface area contributed by atoms with E-state index in [0.29, 0.717) is 19.3 Å². The molecule has 5 nitrogen and oxygen atoms in total. The first kappa shape index (κ1) is 15.5. The van der Waals surface area contributed by atoms with Gasteiger partial charge in [-0.2, -0.15) is 0 Å². The van der Waals surface area contributed by atoms with E-state index in [1.165, 1.54) is 16.0 Å². The lowest BCUT2D eigenvalue weighted by atomic mass is 9.96. The van der Waals surface area contributed by atoms with Gasteiger partial charge in [0.05, 0.1) is 0 Å². The summed E-state index contributed by atoms with van der Waals surface area (Å²) in [5.41, 5.74) is 1.37. The number of fused-ring (bicyclic) bond motifs is 3. The molecule has 0 spiro atoms. The maximum Gasteiger partial charge on any atom is 0.231 e. The van der Waals surface area contributed by atoms with Crippen LogP contribution < -0.4 is 19.9 Å². The van der Waals surface area contributed by atoms with Gasteiger partial charge in [0.25, 0.3) is 0 Å². The van der Waals surface area contributed by atoms with Crippen molar-refractivity contribution in [2.75, 3.05) is 33.5 Å². The van der Waals surface area contributed by atoms with Crippen LogP contribution in [0.5, 0.6) is 11.5 Å². The molecule has 1 aliphatic carbocycles. The summed E-state index contributed by atoms with van der Waals surface area (Å²) in [6.45, 7) is 5.32. The summed E-state index contributed by atoms with van der Waals surface area (Å²) in [7, 11) is 1.94. The molecular formula is C19H24N2O3. The van der Waals surface area contributed by atoms with Crippen molar-refractivity contribution >= 4 is 17.6 Å². The molecule has 128 valence electrons. The standard InChI is InChI=1S/C19H24N2O3/c1-3-18(22)20(2)14-6-8-21(9-7-14)11-13-10-16-15(13)4-5-17-19(16)24-12-23-17/h4-5,10,14H,3,6-9,11-12H2,1-2H3. The average Bonchev–Trinajstić information content (AvgIpc) is 3.06. The van der Waals surface area contributed by atoms with Crippen molar-refractivity contribution in [2.45, 2.75) is 32.2 Å². The van der Waals surface area contributed by atoms with Crippen molar-refractivity contribution in [2.24, 2.45) is 0 Å². The zero-order chi connectivity index (χ0) is 16.7. The summed E-state index contributed by atoms with van der Waals surface area (Å²) in [6.07, 6.45) is 4.94. The lowest BCUT2D eigenvalue weighted by molar-refractivity contribution is -0.132. The van der Waals surface area contributed by atoms with Crippen molar-refractivity contribution in [3.8, 4) is 11.5 Å². The molecule has 24 heavy (non-hydrogen) atoms. The van der Waals surface area contributed by atoms with E-state index in [2.05, 4.69) is 17.0 Å². The van der Waals surface area contributed by atoms with Crippen molar-refractivity contribution < 1.29 is 14.3 Å². The van der Waals surface area contributed by atoms with E-state index in [-0.39, 0.29) is 5.91 Å². The van der Waals surface area contributed by atoms with Crippen LogP contribution in [0.3, 0.4) is 0 Å². The number of hydrogen-bond acceptors (Lipinski definition) is 4. The second kappa shape index (κ2) is 6.13. The van der Waals surface area contributed by atoms with E-state index in [1.54, 1.807) is 0 Å². The molecule has 2 heterocycles. The van der Waals surface area contributed by atoms with Gasteiger partial charge in [-0.1, -0.05) is 13.0 Å². The molecule has 0 atom stereocenters. The van der Waals surface area contributed by atoms with E-state index < -0.39 is 0 Å². The third-order valence-corrected chi connectivity index (χ3v) is 5.44. The quantitative estimate of drug-likeness (QED) is 0.816. The van der Waals surface area contributed by atoms with Crippen LogP contribution in [-0.2, 0) is 4.79 Å². The highest BCUT2D eigenvalue weighted by molar-refractivity contribution is 5.85. The summed E-state index contributed by atoms with van der Waals surface area (Å²) in [4.78, 5) is 16.3. The predicted molar refractivity (Wildman–Crippen MR) is 92.2 cm³/mol. The van der Waals surface area contributed by atoms with Gasteiger partial charge in [0.2, 0.25) is 12.7 Å². The molecule has 4 rings (SSSR count). The number of piperidine rings is 1. The first-order valence-corrected chi connectivity index (χ1v) is 8.79. The van der Waals surface area contributed by atoms with Crippen LogP contribution in [0.25, 0.3) is 11.6 Å². The van der Waals surface area contributed by atoms with E-state index >= 15 is 0 Å². The molecule has 1 saturated heterocycles. The van der Waals surface area contributed by atoms with Crippen molar-refractivity contribution in [3.63, 3.8) is 0 Å². The highest BCUT2D eigenvalue weighted by atomic mass is 16.7. The van der Waals surface area contributed by atoms with Gasteiger partial charge >= 0.3 is 0 Å². The number of carbonyl (C=O) groups is 1. The Labute approximate surface area is 142 Å². The largest absolute Gasteiger partial charge is 0.454 e. The molecule has 3 aliphatic rings. The molecule has 1 amide bonds. The minimum absolute atomic E-state index is 0.250. The minimum Gasteiger partial charge on any atom is -0.454 e. The van der Waals surface area contributed by atoms with Gasteiger partial charge in [-0.15, -0.1) is 0 Å². The molecule has 1 aromatic rings. The molecule has 0 bridgehead atoms. The van der Waals surface area contributed by atoms with E-state index in [0.717, 1.165) is 44.0 Å².